The molecule has 1 heterocycles. The summed E-state index contributed by atoms with van der Waals surface area (Å²) >= 11 is 0. The zero-order valence-electron chi connectivity index (χ0n) is 18.4. The number of benzene rings is 1. The van der Waals surface area contributed by atoms with Crippen LogP contribution < -0.4 is 9.47 Å². The lowest BCUT2D eigenvalue weighted by Crippen LogP contribution is -2.23. The van der Waals surface area contributed by atoms with Crippen LogP contribution in [0.2, 0.25) is 25.7 Å². The molecule has 0 saturated heterocycles. The average molecular weight is 417 g/mol. The van der Waals surface area contributed by atoms with E-state index in [0.29, 0.717) is 30.3 Å². The van der Waals surface area contributed by atoms with E-state index in [4.69, 9.17) is 14.2 Å². The predicted octanol–water partition coefficient (Wildman–Crippen LogP) is 4.86. The first-order valence-electron chi connectivity index (χ1n) is 10.4. The van der Waals surface area contributed by atoms with Gasteiger partial charge in [-0.15, -0.1) is 0 Å². The molecule has 1 saturated carbocycles. The van der Waals surface area contributed by atoms with Crippen LogP contribution in [0.1, 0.15) is 46.8 Å². The van der Waals surface area contributed by atoms with Gasteiger partial charge < -0.3 is 14.2 Å². The fourth-order valence-electron chi connectivity index (χ4n) is 3.83. The average Bonchev–Trinajstić information content (AvgIpc) is 3.38. The number of ether oxygens (including phenoxy) is 3. The fourth-order valence-corrected chi connectivity index (χ4v) is 4.55. The molecule has 1 aromatic rings. The molecule has 0 unspecified atom stereocenters. The van der Waals surface area contributed by atoms with E-state index in [1.165, 1.54) is 0 Å². The number of methoxy groups -OCH3 is 1. The number of cyclic esters (lactones) is 1. The molecule has 2 aliphatic rings. The number of ketones is 1. The second-order valence-electron chi connectivity index (χ2n) is 9.25. The molecule has 1 aromatic carbocycles. The Kier molecular flexibility index (Phi) is 6.22. The Balaban J connectivity index is 2.05. The first kappa shape index (κ1) is 21.6. The molecule has 1 aliphatic heterocycles. The van der Waals surface area contributed by atoms with Gasteiger partial charge >= 0.3 is 5.97 Å². The van der Waals surface area contributed by atoms with Crippen LogP contribution in [0.4, 0.5) is 0 Å². The molecule has 6 heteroatoms. The molecule has 5 nitrogen and oxygen atoms in total. The molecule has 0 aromatic heterocycles. The van der Waals surface area contributed by atoms with E-state index in [2.05, 4.69) is 19.6 Å². The maximum atomic E-state index is 12.5. The molecule has 0 N–H and O–H groups in total. The van der Waals surface area contributed by atoms with Gasteiger partial charge in [0.05, 0.1) is 13.7 Å². The van der Waals surface area contributed by atoms with E-state index in [1.54, 1.807) is 14.0 Å². The molecule has 0 amide bonds. The van der Waals surface area contributed by atoms with Gasteiger partial charge in [0, 0.05) is 19.2 Å². The summed E-state index contributed by atoms with van der Waals surface area (Å²) in [5.74, 6) is 1.44. The van der Waals surface area contributed by atoms with Gasteiger partial charge in [0.2, 0.25) is 0 Å². The zero-order valence-corrected chi connectivity index (χ0v) is 19.4. The Bertz CT molecular complexity index is 859. The molecular weight excluding hydrogens is 384 g/mol. The first-order chi connectivity index (χ1) is 13.6. The third kappa shape index (κ3) is 4.74. The molecule has 29 heavy (non-hydrogen) atoms. The van der Waals surface area contributed by atoms with Crippen molar-refractivity contribution in [3.8, 4) is 11.5 Å². The summed E-state index contributed by atoms with van der Waals surface area (Å²) in [4.78, 5) is 24.6. The van der Waals surface area contributed by atoms with Crippen molar-refractivity contribution in [1.82, 2.24) is 0 Å². The number of fused-ring (bicyclic) bond motifs is 1. The number of carbonyl (C=O) groups is 2. The van der Waals surface area contributed by atoms with Gasteiger partial charge in [-0.25, -0.2) is 4.79 Å². The third-order valence-electron chi connectivity index (χ3n) is 5.67. The number of allylic oxidation sites excluding steroid dienone is 2. The third-order valence-corrected chi connectivity index (χ3v) is 7.38. The van der Waals surface area contributed by atoms with Crippen molar-refractivity contribution in [2.75, 3.05) is 13.7 Å². The van der Waals surface area contributed by atoms with Crippen molar-refractivity contribution in [3.63, 3.8) is 0 Å². The minimum atomic E-state index is -1.29. The van der Waals surface area contributed by atoms with E-state index in [-0.39, 0.29) is 18.4 Å². The summed E-state index contributed by atoms with van der Waals surface area (Å²) in [6.07, 6.45) is 4.63. The summed E-state index contributed by atoms with van der Waals surface area (Å²) in [5, 5.41) is 0. The molecule has 1 aliphatic carbocycles. The van der Waals surface area contributed by atoms with E-state index in [0.717, 1.165) is 46.9 Å². The van der Waals surface area contributed by atoms with Crippen LogP contribution in [-0.2, 0) is 22.6 Å². The van der Waals surface area contributed by atoms with Crippen molar-refractivity contribution in [1.29, 1.82) is 0 Å². The zero-order chi connectivity index (χ0) is 21.3. The highest BCUT2D eigenvalue weighted by Gasteiger charge is 2.34. The van der Waals surface area contributed by atoms with Crippen LogP contribution >= 0.6 is 0 Å². The first-order valence-corrected chi connectivity index (χ1v) is 14.1. The predicted molar refractivity (Wildman–Crippen MR) is 116 cm³/mol. The number of hydrogen-bond acceptors (Lipinski definition) is 5. The van der Waals surface area contributed by atoms with Gasteiger partial charge in [-0.1, -0.05) is 25.7 Å². The number of Topliss-reactive ketones (excluding diaryl/α,β-unsaturated/α-hetero) is 1. The van der Waals surface area contributed by atoms with Gasteiger partial charge in [0.1, 0.15) is 23.7 Å². The second-order valence-corrected chi connectivity index (χ2v) is 14.9. The van der Waals surface area contributed by atoms with Crippen LogP contribution in [0.25, 0.3) is 0 Å². The Morgan fingerprint density at radius 3 is 2.48 bits per heavy atom. The smallest absolute Gasteiger partial charge is 0.342 e. The maximum Gasteiger partial charge on any atom is 0.342 e. The van der Waals surface area contributed by atoms with Crippen molar-refractivity contribution < 1.29 is 23.8 Å². The number of hydrogen-bond donors (Lipinski definition) is 0. The summed E-state index contributed by atoms with van der Waals surface area (Å²) in [6.45, 7) is 11.3. The lowest BCUT2D eigenvalue weighted by Gasteiger charge is -2.21. The minimum Gasteiger partial charge on any atom is -0.496 e. The van der Waals surface area contributed by atoms with Gasteiger partial charge in [-0.3, -0.25) is 4.79 Å². The molecule has 0 atom stereocenters. The Morgan fingerprint density at radius 1 is 1.24 bits per heavy atom. The van der Waals surface area contributed by atoms with Crippen molar-refractivity contribution >= 4 is 19.8 Å². The van der Waals surface area contributed by atoms with Crippen LogP contribution in [-0.4, -0.2) is 33.5 Å². The highest BCUT2D eigenvalue weighted by atomic mass is 28.3. The van der Waals surface area contributed by atoms with Gasteiger partial charge in [0.25, 0.3) is 0 Å². The SMILES string of the molecule is COc1c(C)c2c(c(OCC[Si](C)(C)C)c1C/C=C(/C(C)=O)C1CC1)C(=O)OC2. The highest BCUT2D eigenvalue weighted by Crippen LogP contribution is 2.44. The quantitative estimate of drug-likeness (QED) is 0.327. The highest BCUT2D eigenvalue weighted by molar-refractivity contribution is 6.76. The maximum absolute atomic E-state index is 12.5. The van der Waals surface area contributed by atoms with Crippen LogP contribution in [0.3, 0.4) is 0 Å². The number of carbonyl (C=O) groups excluding carboxylic acids is 2. The Labute approximate surface area is 174 Å². The van der Waals surface area contributed by atoms with Crippen molar-refractivity contribution in [2.24, 2.45) is 5.92 Å². The fraction of sp³-hybridized carbons (Fsp3) is 0.565. The number of esters is 1. The lowest BCUT2D eigenvalue weighted by atomic mass is 9.94. The summed E-state index contributed by atoms with van der Waals surface area (Å²) in [7, 11) is 0.346. The van der Waals surface area contributed by atoms with Crippen LogP contribution in [0.5, 0.6) is 11.5 Å². The van der Waals surface area contributed by atoms with E-state index < -0.39 is 8.07 Å². The van der Waals surface area contributed by atoms with Gasteiger partial charge in [0.15, 0.2) is 5.78 Å². The van der Waals surface area contributed by atoms with E-state index in [9.17, 15) is 9.59 Å². The van der Waals surface area contributed by atoms with Gasteiger partial charge in [-0.2, -0.15) is 0 Å². The molecule has 0 bridgehead atoms. The summed E-state index contributed by atoms with van der Waals surface area (Å²) < 4.78 is 17.3. The largest absolute Gasteiger partial charge is 0.496 e. The normalized spacial score (nSPS) is 16.5. The van der Waals surface area contributed by atoms with Crippen molar-refractivity contribution in [2.45, 2.75) is 65.4 Å². The Morgan fingerprint density at radius 2 is 1.93 bits per heavy atom. The molecule has 158 valence electrons. The van der Waals surface area contributed by atoms with Crippen LogP contribution in [0, 0.1) is 12.8 Å². The molecule has 0 spiro atoms. The summed E-state index contributed by atoms with van der Waals surface area (Å²) in [5.41, 5.74) is 3.98. The minimum absolute atomic E-state index is 0.116. The standard InChI is InChI=1S/C23H32O5Si/c1-14-19-13-28-23(25)20(19)22(27-11-12-29(4,5)6)18(21(14)26-3)10-9-17(15(2)24)16-7-8-16/h9,16H,7-8,10-13H2,1-6H3/b17-9-. The van der Waals surface area contributed by atoms with Gasteiger partial charge in [-0.05, 0) is 56.2 Å². The van der Waals surface area contributed by atoms with Crippen molar-refractivity contribution in [3.05, 3.63) is 33.9 Å². The summed E-state index contributed by atoms with van der Waals surface area (Å²) in [6, 6.07) is 0.989. The molecule has 1 fully saturated rings. The Hall–Kier alpha value is -2.08. The van der Waals surface area contributed by atoms with E-state index >= 15 is 0 Å². The topological polar surface area (TPSA) is 61.8 Å². The monoisotopic (exact) mass is 416 g/mol. The number of rotatable bonds is 9. The second kappa shape index (κ2) is 8.34. The molecular formula is C23H32O5Si. The lowest BCUT2D eigenvalue weighted by molar-refractivity contribution is -0.113. The molecule has 3 rings (SSSR count). The van der Waals surface area contributed by atoms with E-state index in [1.807, 2.05) is 13.0 Å². The molecule has 0 radical (unpaired) electrons. The van der Waals surface area contributed by atoms with Crippen LogP contribution in [0.15, 0.2) is 11.6 Å².